The van der Waals surface area contributed by atoms with Crippen molar-refractivity contribution < 1.29 is 14.7 Å². The molecular formula is C20H23ClN2O3. The summed E-state index contributed by atoms with van der Waals surface area (Å²) in [4.78, 5) is 23.7. The lowest BCUT2D eigenvalue weighted by molar-refractivity contribution is -0.139. The Morgan fingerprint density at radius 2 is 1.85 bits per heavy atom. The molecule has 0 aliphatic rings. The molecule has 3 N–H and O–H groups in total. The number of carboxylic acid groups (broad SMARTS) is 1. The molecule has 1 amide bonds. The van der Waals surface area contributed by atoms with Gasteiger partial charge in [0.1, 0.15) is 6.04 Å². The molecule has 2 aromatic rings. The van der Waals surface area contributed by atoms with Gasteiger partial charge in [0.25, 0.3) is 0 Å². The first-order valence-electron chi connectivity index (χ1n) is 8.44. The first kappa shape index (κ1) is 19.9. The summed E-state index contributed by atoms with van der Waals surface area (Å²) in [6.07, 6.45) is 0.514. The standard InChI is InChI=1S/C20H23ClN2O3/c1-13-8-9-16(12-17(13)21)23-19(24)10-14(2)22-18(20(25)26)11-15-6-4-3-5-7-15/h3-9,12,14,18,22H,10-11H2,1-2H3,(H,23,24)(H,25,26)/t14?,18-/m1/s1. The van der Waals surface area contributed by atoms with Gasteiger partial charge < -0.3 is 15.7 Å². The third-order valence-corrected chi connectivity index (χ3v) is 4.42. The van der Waals surface area contributed by atoms with E-state index in [1.54, 1.807) is 19.1 Å². The molecule has 0 aliphatic heterocycles. The van der Waals surface area contributed by atoms with Gasteiger partial charge >= 0.3 is 5.97 Å². The summed E-state index contributed by atoms with van der Waals surface area (Å²) in [7, 11) is 0. The van der Waals surface area contributed by atoms with Gasteiger partial charge in [-0.1, -0.05) is 48.0 Å². The Hall–Kier alpha value is -2.37. The largest absolute Gasteiger partial charge is 0.480 e. The Balaban J connectivity index is 1.90. The number of nitrogens with one attached hydrogen (secondary N) is 2. The van der Waals surface area contributed by atoms with Crippen molar-refractivity contribution in [2.45, 2.75) is 38.8 Å². The van der Waals surface area contributed by atoms with Crippen LogP contribution in [-0.2, 0) is 16.0 Å². The summed E-state index contributed by atoms with van der Waals surface area (Å²) in [5.74, 6) is -1.14. The average molecular weight is 375 g/mol. The summed E-state index contributed by atoms with van der Waals surface area (Å²) < 4.78 is 0. The molecule has 5 nitrogen and oxygen atoms in total. The van der Waals surface area contributed by atoms with Crippen molar-refractivity contribution in [3.8, 4) is 0 Å². The second-order valence-electron chi connectivity index (χ2n) is 6.36. The van der Waals surface area contributed by atoms with Crippen molar-refractivity contribution in [3.05, 3.63) is 64.7 Å². The number of carbonyl (C=O) groups excluding carboxylic acids is 1. The number of benzene rings is 2. The number of carbonyl (C=O) groups is 2. The predicted octanol–water partition coefficient (Wildman–Crippen LogP) is 3.65. The van der Waals surface area contributed by atoms with Crippen LogP contribution < -0.4 is 10.6 Å². The van der Waals surface area contributed by atoms with Crippen LogP contribution in [0.5, 0.6) is 0 Å². The van der Waals surface area contributed by atoms with E-state index in [0.717, 1.165) is 11.1 Å². The predicted molar refractivity (Wildman–Crippen MR) is 104 cm³/mol. The number of amides is 1. The number of hydrogen-bond acceptors (Lipinski definition) is 3. The molecule has 6 heteroatoms. The molecular weight excluding hydrogens is 352 g/mol. The average Bonchev–Trinajstić information content (AvgIpc) is 2.58. The minimum Gasteiger partial charge on any atom is -0.480 e. The second kappa shape index (κ2) is 9.36. The van der Waals surface area contributed by atoms with Crippen LogP contribution in [0.3, 0.4) is 0 Å². The first-order valence-corrected chi connectivity index (χ1v) is 8.81. The third kappa shape index (κ3) is 6.17. The van der Waals surface area contributed by atoms with E-state index in [9.17, 15) is 14.7 Å². The smallest absolute Gasteiger partial charge is 0.321 e. The minimum atomic E-state index is -0.938. The third-order valence-electron chi connectivity index (χ3n) is 4.01. The van der Waals surface area contributed by atoms with E-state index < -0.39 is 12.0 Å². The fraction of sp³-hybridized carbons (Fsp3) is 0.300. The molecule has 2 atom stereocenters. The van der Waals surface area contributed by atoms with Gasteiger partial charge in [-0.25, -0.2) is 0 Å². The Labute approximate surface area is 158 Å². The van der Waals surface area contributed by atoms with Crippen molar-refractivity contribution in [2.24, 2.45) is 0 Å². The quantitative estimate of drug-likeness (QED) is 0.659. The molecule has 138 valence electrons. The van der Waals surface area contributed by atoms with Crippen LogP contribution in [0, 0.1) is 6.92 Å². The molecule has 0 bridgehead atoms. The van der Waals surface area contributed by atoms with Gasteiger partial charge in [0.2, 0.25) is 5.91 Å². The summed E-state index contributed by atoms with van der Waals surface area (Å²) >= 11 is 6.05. The highest BCUT2D eigenvalue weighted by Gasteiger charge is 2.21. The van der Waals surface area contributed by atoms with E-state index in [0.29, 0.717) is 17.1 Å². The number of anilines is 1. The molecule has 0 radical (unpaired) electrons. The Morgan fingerprint density at radius 1 is 1.15 bits per heavy atom. The van der Waals surface area contributed by atoms with Crippen molar-refractivity contribution in [1.82, 2.24) is 5.32 Å². The van der Waals surface area contributed by atoms with Crippen LogP contribution in [0.25, 0.3) is 0 Å². The van der Waals surface area contributed by atoms with E-state index in [4.69, 9.17) is 11.6 Å². The number of rotatable bonds is 8. The Morgan fingerprint density at radius 3 is 2.46 bits per heavy atom. The Kier molecular flexibility index (Phi) is 7.18. The van der Waals surface area contributed by atoms with Gasteiger partial charge in [-0.05, 0) is 43.5 Å². The fourth-order valence-corrected chi connectivity index (χ4v) is 2.81. The topological polar surface area (TPSA) is 78.4 Å². The molecule has 0 saturated carbocycles. The highest BCUT2D eigenvalue weighted by molar-refractivity contribution is 6.31. The van der Waals surface area contributed by atoms with Gasteiger partial charge in [-0.2, -0.15) is 0 Å². The van der Waals surface area contributed by atoms with Gasteiger partial charge in [0.05, 0.1) is 0 Å². The molecule has 2 rings (SSSR count). The maximum atomic E-state index is 12.2. The second-order valence-corrected chi connectivity index (χ2v) is 6.77. The molecule has 0 aromatic heterocycles. The molecule has 2 aromatic carbocycles. The number of aliphatic carboxylic acids is 1. The van der Waals surface area contributed by atoms with Crippen molar-refractivity contribution in [3.63, 3.8) is 0 Å². The van der Waals surface area contributed by atoms with Crippen LogP contribution in [0.15, 0.2) is 48.5 Å². The molecule has 1 unspecified atom stereocenters. The molecule has 0 fully saturated rings. The monoisotopic (exact) mass is 374 g/mol. The maximum Gasteiger partial charge on any atom is 0.321 e. The van der Waals surface area contributed by atoms with Crippen molar-refractivity contribution >= 4 is 29.2 Å². The van der Waals surface area contributed by atoms with E-state index in [-0.39, 0.29) is 18.4 Å². The summed E-state index contributed by atoms with van der Waals surface area (Å²) in [6.45, 7) is 3.68. The van der Waals surface area contributed by atoms with Crippen LogP contribution >= 0.6 is 11.6 Å². The van der Waals surface area contributed by atoms with E-state index >= 15 is 0 Å². The zero-order valence-electron chi connectivity index (χ0n) is 14.8. The fourth-order valence-electron chi connectivity index (χ4n) is 2.63. The number of carboxylic acids is 1. The van der Waals surface area contributed by atoms with E-state index in [1.165, 1.54) is 0 Å². The zero-order valence-corrected chi connectivity index (χ0v) is 15.6. The van der Waals surface area contributed by atoms with E-state index in [1.807, 2.05) is 43.3 Å². The van der Waals surface area contributed by atoms with Crippen LogP contribution in [0.2, 0.25) is 5.02 Å². The molecule has 26 heavy (non-hydrogen) atoms. The van der Waals surface area contributed by atoms with Crippen LogP contribution in [-0.4, -0.2) is 29.1 Å². The molecule has 0 heterocycles. The lowest BCUT2D eigenvalue weighted by Gasteiger charge is -2.20. The van der Waals surface area contributed by atoms with Gasteiger partial charge in [-0.15, -0.1) is 0 Å². The van der Waals surface area contributed by atoms with Gasteiger partial charge in [0, 0.05) is 23.2 Å². The maximum absolute atomic E-state index is 12.2. The lowest BCUT2D eigenvalue weighted by atomic mass is 10.0. The number of hydrogen-bond donors (Lipinski definition) is 3. The summed E-state index contributed by atoms with van der Waals surface area (Å²) in [6, 6.07) is 13.7. The Bertz CT molecular complexity index is 765. The summed E-state index contributed by atoms with van der Waals surface area (Å²) in [5, 5.41) is 15.8. The normalized spacial score (nSPS) is 13.0. The van der Waals surface area contributed by atoms with Crippen molar-refractivity contribution in [1.29, 1.82) is 0 Å². The van der Waals surface area contributed by atoms with Gasteiger partial charge in [-0.3, -0.25) is 9.59 Å². The first-order chi connectivity index (χ1) is 12.3. The highest BCUT2D eigenvalue weighted by atomic mass is 35.5. The summed E-state index contributed by atoms with van der Waals surface area (Å²) in [5.41, 5.74) is 2.49. The van der Waals surface area contributed by atoms with E-state index in [2.05, 4.69) is 10.6 Å². The van der Waals surface area contributed by atoms with Crippen LogP contribution in [0.4, 0.5) is 5.69 Å². The number of halogens is 1. The van der Waals surface area contributed by atoms with Gasteiger partial charge in [0.15, 0.2) is 0 Å². The molecule has 0 aliphatic carbocycles. The van der Waals surface area contributed by atoms with Crippen molar-refractivity contribution in [2.75, 3.05) is 5.32 Å². The van der Waals surface area contributed by atoms with Crippen LogP contribution in [0.1, 0.15) is 24.5 Å². The SMILES string of the molecule is Cc1ccc(NC(=O)CC(C)N[C@H](Cc2ccccc2)C(=O)O)cc1Cl. The molecule has 0 spiro atoms. The minimum absolute atomic E-state index is 0.157. The zero-order chi connectivity index (χ0) is 19.1. The highest BCUT2D eigenvalue weighted by Crippen LogP contribution is 2.20. The number of aryl methyl sites for hydroxylation is 1. The lowest BCUT2D eigenvalue weighted by Crippen LogP contribution is -2.44. The molecule has 0 saturated heterocycles.